The highest BCUT2D eigenvalue weighted by Crippen LogP contribution is 2.26. The number of benzene rings is 2. The largest absolute Gasteiger partial charge is 0.471 e. The summed E-state index contributed by atoms with van der Waals surface area (Å²) in [6.07, 6.45) is 4.08. The van der Waals surface area contributed by atoms with Crippen molar-refractivity contribution < 1.29 is 9.21 Å². The normalized spacial score (nSPS) is 13.7. The number of furan rings is 1. The Morgan fingerprint density at radius 3 is 2.84 bits per heavy atom. The van der Waals surface area contributed by atoms with Gasteiger partial charge in [0.25, 0.3) is 5.91 Å². The van der Waals surface area contributed by atoms with E-state index in [4.69, 9.17) is 4.42 Å². The van der Waals surface area contributed by atoms with E-state index in [0.29, 0.717) is 18.1 Å². The Labute approximate surface area is 180 Å². The molecule has 0 spiro atoms. The fraction of sp³-hybridized carbons (Fsp3) is 0.208. The van der Waals surface area contributed by atoms with E-state index in [-0.39, 0.29) is 5.91 Å². The summed E-state index contributed by atoms with van der Waals surface area (Å²) in [6, 6.07) is 15.7. The average Bonchev–Trinajstić information content (AvgIpc) is 3.27. The first-order valence-corrected chi connectivity index (χ1v) is 10.3. The molecular formula is C24H23N5O2. The summed E-state index contributed by atoms with van der Waals surface area (Å²) in [6.45, 7) is 2.32. The van der Waals surface area contributed by atoms with Crippen LogP contribution in [-0.2, 0) is 19.5 Å². The maximum absolute atomic E-state index is 13.0. The van der Waals surface area contributed by atoms with Gasteiger partial charge >= 0.3 is 0 Å². The van der Waals surface area contributed by atoms with Gasteiger partial charge in [-0.3, -0.25) is 10.1 Å². The summed E-state index contributed by atoms with van der Waals surface area (Å²) < 4.78 is 5.26. The number of hydrogen-bond acceptors (Lipinski definition) is 6. The number of nitrogens with one attached hydrogen (secondary N) is 2. The molecule has 156 valence electrons. The highest BCUT2D eigenvalue weighted by molar-refractivity contribution is 6.12. The average molecular weight is 413 g/mol. The van der Waals surface area contributed by atoms with Gasteiger partial charge in [-0.2, -0.15) is 4.98 Å². The minimum absolute atomic E-state index is 0.259. The minimum Gasteiger partial charge on any atom is -0.471 e. The third kappa shape index (κ3) is 4.00. The van der Waals surface area contributed by atoms with Crippen molar-refractivity contribution in [2.24, 2.45) is 0 Å². The fourth-order valence-corrected chi connectivity index (χ4v) is 3.90. The van der Waals surface area contributed by atoms with Crippen LogP contribution >= 0.6 is 0 Å². The zero-order valence-electron chi connectivity index (χ0n) is 17.3. The van der Waals surface area contributed by atoms with Crippen LogP contribution in [-0.4, -0.2) is 34.4 Å². The second-order valence-corrected chi connectivity index (χ2v) is 7.78. The second kappa shape index (κ2) is 8.20. The molecule has 7 heteroatoms. The van der Waals surface area contributed by atoms with E-state index >= 15 is 0 Å². The number of hydrogen-bond donors (Lipinski definition) is 2. The maximum atomic E-state index is 13.0. The Morgan fingerprint density at radius 2 is 1.97 bits per heavy atom. The van der Waals surface area contributed by atoms with Gasteiger partial charge in [0.2, 0.25) is 5.95 Å². The van der Waals surface area contributed by atoms with Gasteiger partial charge in [0, 0.05) is 36.0 Å². The molecule has 31 heavy (non-hydrogen) atoms. The molecule has 0 aliphatic carbocycles. The van der Waals surface area contributed by atoms with Crippen molar-refractivity contribution in [3.8, 4) is 0 Å². The lowest BCUT2D eigenvalue weighted by Gasteiger charge is -2.26. The molecule has 5 rings (SSSR count). The third-order valence-electron chi connectivity index (χ3n) is 5.55. The molecule has 3 heterocycles. The molecule has 4 aromatic rings. The molecule has 1 aliphatic heterocycles. The highest BCUT2D eigenvalue weighted by atomic mass is 16.3. The van der Waals surface area contributed by atoms with Crippen LogP contribution in [0, 0.1) is 0 Å². The van der Waals surface area contributed by atoms with Gasteiger partial charge in [-0.05, 0) is 25.1 Å². The van der Waals surface area contributed by atoms with E-state index in [0.717, 1.165) is 47.4 Å². The first kappa shape index (κ1) is 19.3. The number of carbonyl (C=O) groups excluding carboxylic acids is 1. The Hall–Kier alpha value is -3.71. The monoisotopic (exact) mass is 413 g/mol. The van der Waals surface area contributed by atoms with Crippen molar-refractivity contribution >= 4 is 28.4 Å². The van der Waals surface area contributed by atoms with Gasteiger partial charge in [0.05, 0.1) is 23.8 Å². The van der Waals surface area contributed by atoms with Crippen LogP contribution in [0.1, 0.15) is 27.2 Å². The maximum Gasteiger partial charge on any atom is 0.258 e. The lowest BCUT2D eigenvalue weighted by molar-refractivity contribution is 0.102. The molecule has 0 unspecified atom stereocenters. The van der Waals surface area contributed by atoms with Crippen LogP contribution in [0.15, 0.2) is 65.5 Å². The quantitative estimate of drug-likeness (QED) is 0.513. The Kier molecular flexibility index (Phi) is 5.09. The van der Waals surface area contributed by atoms with Crippen LogP contribution in [0.3, 0.4) is 0 Å². The van der Waals surface area contributed by atoms with Crippen molar-refractivity contribution in [3.05, 3.63) is 83.4 Å². The number of aromatic nitrogens is 2. The zero-order valence-corrected chi connectivity index (χ0v) is 17.3. The molecule has 2 aromatic heterocycles. The fourth-order valence-electron chi connectivity index (χ4n) is 3.90. The Bertz CT molecular complexity index is 1240. The molecule has 1 aliphatic rings. The topological polar surface area (TPSA) is 83.3 Å². The predicted octanol–water partition coefficient (Wildman–Crippen LogP) is 4.08. The molecule has 0 saturated heterocycles. The lowest BCUT2D eigenvalue weighted by Crippen LogP contribution is -2.29. The number of nitrogens with zero attached hydrogens (tertiary/aromatic N) is 3. The summed E-state index contributed by atoms with van der Waals surface area (Å²) in [5.74, 6) is 0.819. The number of fused-ring (bicyclic) bond motifs is 2. The highest BCUT2D eigenvalue weighted by Gasteiger charge is 2.22. The van der Waals surface area contributed by atoms with Gasteiger partial charge in [-0.1, -0.05) is 42.5 Å². The smallest absolute Gasteiger partial charge is 0.258 e. The minimum atomic E-state index is -0.259. The van der Waals surface area contributed by atoms with Gasteiger partial charge in [-0.15, -0.1) is 0 Å². The first-order chi connectivity index (χ1) is 15.2. The van der Waals surface area contributed by atoms with Gasteiger partial charge in [-0.25, -0.2) is 4.98 Å². The SMILES string of the molecule is CN1CCc2c(nc(NC(=O)c3cccc4cocc34)nc2NCc2ccccc2)C1. The molecule has 7 nitrogen and oxygen atoms in total. The molecule has 0 saturated carbocycles. The Morgan fingerprint density at radius 1 is 1.10 bits per heavy atom. The molecule has 0 atom stereocenters. The molecule has 0 bridgehead atoms. The molecule has 1 amide bonds. The van der Waals surface area contributed by atoms with Crippen LogP contribution in [0.5, 0.6) is 0 Å². The van der Waals surface area contributed by atoms with Gasteiger partial charge < -0.3 is 14.6 Å². The third-order valence-corrected chi connectivity index (χ3v) is 5.55. The van der Waals surface area contributed by atoms with E-state index in [2.05, 4.69) is 44.7 Å². The van der Waals surface area contributed by atoms with E-state index in [9.17, 15) is 4.79 Å². The standard InChI is InChI=1S/C24H23N5O2/c1-29-11-10-19-21(13-29)26-24(27-22(19)25-12-16-6-3-2-4-7-16)28-23(30)18-9-5-8-17-14-31-15-20(17)18/h2-9,14-15H,10-13H2,1H3,(H2,25,26,27,28,30). The van der Waals surface area contributed by atoms with Crippen molar-refractivity contribution in [2.45, 2.75) is 19.5 Å². The summed E-state index contributed by atoms with van der Waals surface area (Å²) in [5.41, 5.74) is 3.75. The first-order valence-electron chi connectivity index (χ1n) is 10.3. The Balaban J connectivity index is 1.44. The summed E-state index contributed by atoms with van der Waals surface area (Å²) >= 11 is 0. The van der Waals surface area contributed by atoms with Gasteiger partial charge in [0.1, 0.15) is 5.82 Å². The summed E-state index contributed by atoms with van der Waals surface area (Å²) in [5, 5.41) is 7.97. The second-order valence-electron chi connectivity index (χ2n) is 7.78. The van der Waals surface area contributed by atoms with Crippen molar-refractivity contribution in [2.75, 3.05) is 24.2 Å². The number of rotatable bonds is 5. The summed E-state index contributed by atoms with van der Waals surface area (Å²) in [4.78, 5) is 24.5. The van der Waals surface area contributed by atoms with Crippen molar-refractivity contribution in [1.29, 1.82) is 0 Å². The lowest BCUT2D eigenvalue weighted by atomic mass is 10.1. The molecule has 0 radical (unpaired) electrons. The van der Waals surface area contributed by atoms with Crippen molar-refractivity contribution in [3.63, 3.8) is 0 Å². The van der Waals surface area contributed by atoms with E-state index in [1.807, 2.05) is 30.3 Å². The van der Waals surface area contributed by atoms with Crippen molar-refractivity contribution in [1.82, 2.24) is 14.9 Å². The van der Waals surface area contributed by atoms with E-state index < -0.39 is 0 Å². The number of anilines is 2. The molecule has 2 aromatic carbocycles. The number of likely N-dealkylation sites (N-methyl/N-ethyl adjacent to an activating group) is 1. The molecule has 2 N–H and O–H groups in total. The van der Waals surface area contributed by atoms with Crippen LogP contribution in [0.4, 0.5) is 11.8 Å². The van der Waals surface area contributed by atoms with Crippen LogP contribution in [0.2, 0.25) is 0 Å². The zero-order chi connectivity index (χ0) is 21.2. The van der Waals surface area contributed by atoms with E-state index in [1.165, 1.54) is 5.56 Å². The predicted molar refractivity (Wildman–Crippen MR) is 120 cm³/mol. The molecule has 0 fully saturated rings. The molecular weight excluding hydrogens is 390 g/mol. The van der Waals surface area contributed by atoms with E-state index in [1.54, 1.807) is 18.6 Å². The van der Waals surface area contributed by atoms with Crippen LogP contribution < -0.4 is 10.6 Å². The summed E-state index contributed by atoms with van der Waals surface area (Å²) in [7, 11) is 2.07. The van der Waals surface area contributed by atoms with Gasteiger partial charge in [0.15, 0.2) is 0 Å². The number of amides is 1. The number of carbonyl (C=O) groups is 1. The van der Waals surface area contributed by atoms with Crippen LogP contribution in [0.25, 0.3) is 10.8 Å².